The summed E-state index contributed by atoms with van der Waals surface area (Å²) < 4.78 is 30.7. The first kappa shape index (κ1) is 30.9. The number of ether oxygens (including phenoxy) is 3. The highest BCUT2D eigenvalue weighted by atomic mass is 19.1. The highest BCUT2D eigenvalue weighted by Crippen LogP contribution is 2.25. The summed E-state index contributed by atoms with van der Waals surface area (Å²) in [4.78, 5) is 24.9. The van der Waals surface area contributed by atoms with Crippen molar-refractivity contribution in [1.82, 2.24) is 0 Å². The van der Waals surface area contributed by atoms with Crippen LogP contribution >= 0.6 is 0 Å². The van der Waals surface area contributed by atoms with Gasteiger partial charge in [-0.25, -0.2) is 14.0 Å². The Bertz CT molecular complexity index is 1190. The van der Waals surface area contributed by atoms with Gasteiger partial charge < -0.3 is 14.2 Å². The maximum absolute atomic E-state index is 14.4. The minimum atomic E-state index is -0.648. The molecule has 0 saturated heterocycles. The van der Waals surface area contributed by atoms with Gasteiger partial charge in [0, 0.05) is 0 Å². The van der Waals surface area contributed by atoms with Gasteiger partial charge in [0.2, 0.25) is 0 Å². The third-order valence-electron chi connectivity index (χ3n) is 6.67. The molecule has 0 unspecified atom stereocenters. The Morgan fingerprint density at radius 2 is 1.18 bits per heavy atom. The number of hydrogen-bond acceptors (Lipinski definition) is 5. The van der Waals surface area contributed by atoms with Crippen molar-refractivity contribution in [3.05, 3.63) is 83.7 Å². The maximum Gasteiger partial charge on any atom is 0.343 e. The van der Waals surface area contributed by atoms with Crippen LogP contribution in [0.3, 0.4) is 0 Å². The van der Waals surface area contributed by atoms with Crippen molar-refractivity contribution in [3.8, 4) is 22.6 Å². The zero-order valence-corrected chi connectivity index (χ0v) is 23.8. The molecular weight excluding hydrogens is 507 g/mol. The van der Waals surface area contributed by atoms with Crippen LogP contribution in [0, 0.1) is 5.82 Å². The Kier molecular flexibility index (Phi) is 13.2. The van der Waals surface area contributed by atoms with Gasteiger partial charge >= 0.3 is 11.9 Å². The second kappa shape index (κ2) is 17.1. The van der Waals surface area contributed by atoms with Gasteiger partial charge in [-0.05, 0) is 66.4 Å². The quantitative estimate of drug-likeness (QED) is 0.0956. The van der Waals surface area contributed by atoms with E-state index in [4.69, 9.17) is 14.2 Å². The first-order chi connectivity index (χ1) is 19.5. The zero-order chi connectivity index (χ0) is 28.6. The summed E-state index contributed by atoms with van der Waals surface area (Å²) in [5.41, 5.74) is 2.44. The van der Waals surface area contributed by atoms with Gasteiger partial charge in [0.05, 0.1) is 24.3 Å². The molecule has 0 aliphatic heterocycles. The van der Waals surface area contributed by atoms with Crippen LogP contribution < -0.4 is 9.47 Å². The number of unbranched alkanes of at least 4 members (excludes halogenated alkanes) is 8. The summed E-state index contributed by atoms with van der Waals surface area (Å²) >= 11 is 0. The van der Waals surface area contributed by atoms with E-state index in [2.05, 4.69) is 13.8 Å². The van der Waals surface area contributed by atoms with E-state index in [0.29, 0.717) is 24.5 Å². The van der Waals surface area contributed by atoms with E-state index in [9.17, 15) is 14.0 Å². The van der Waals surface area contributed by atoms with Crippen molar-refractivity contribution in [1.29, 1.82) is 0 Å². The average molecular weight is 549 g/mol. The molecule has 5 nitrogen and oxygen atoms in total. The van der Waals surface area contributed by atoms with Crippen LogP contribution in [0.1, 0.15) is 98.8 Å². The second-order valence-electron chi connectivity index (χ2n) is 9.95. The van der Waals surface area contributed by atoms with E-state index in [0.717, 1.165) is 55.7 Å². The number of benzene rings is 3. The minimum Gasteiger partial charge on any atom is -0.491 e. The van der Waals surface area contributed by atoms with E-state index < -0.39 is 11.8 Å². The summed E-state index contributed by atoms with van der Waals surface area (Å²) in [5.74, 6) is -1.07. The van der Waals surface area contributed by atoms with Gasteiger partial charge in [-0.2, -0.15) is 0 Å². The molecule has 0 aliphatic carbocycles. The maximum atomic E-state index is 14.4. The van der Waals surface area contributed by atoms with Crippen molar-refractivity contribution in [2.45, 2.75) is 78.1 Å². The molecule has 3 rings (SSSR count). The molecule has 0 fully saturated rings. The molecule has 0 radical (unpaired) electrons. The van der Waals surface area contributed by atoms with Crippen molar-refractivity contribution >= 4 is 11.9 Å². The van der Waals surface area contributed by atoms with Crippen LogP contribution in [0.2, 0.25) is 0 Å². The number of halogens is 1. The highest BCUT2D eigenvalue weighted by Gasteiger charge is 2.13. The van der Waals surface area contributed by atoms with E-state index in [1.807, 2.05) is 24.3 Å². The van der Waals surface area contributed by atoms with Crippen LogP contribution in [0.15, 0.2) is 66.7 Å². The summed E-state index contributed by atoms with van der Waals surface area (Å²) in [6.45, 7) is 5.21. The Morgan fingerprint density at radius 3 is 1.82 bits per heavy atom. The first-order valence-corrected chi connectivity index (χ1v) is 14.5. The molecule has 6 heteroatoms. The third-order valence-corrected chi connectivity index (χ3v) is 6.67. The van der Waals surface area contributed by atoms with Gasteiger partial charge in [0.1, 0.15) is 5.75 Å². The largest absolute Gasteiger partial charge is 0.491 e. The lowest BCUT2D eigenvalue weighted by molar-refractivity contribution is 0.0497. The number of rotatable bonds is 17. The number of hydrogen-bond donors (Lipinski definition) is 0. The van der Waals surface area contributed by atoms with E-state index in [1.54, 1.807) is 24.3 Å². The molecule has 0 amide bonds. The van der Waals surface area contributed by atoms with Crippen LogP contribution in [-0.2, 0) is 4.74 Å². The number of carbonyl (C=O) groups excluding carboxylic acids is 2. The smallest absolute Gasteiger partial charge is 0.343 e. The fourth-order valence-corrected chi connectivity index (χ4v) is 4.27. The molecule has 0 saturated carbocycles. The molecule has 0 atom stereocenters. The Morgan fingerprint density at radius 1 is 0.625 bits per heavy atom. The van der Waals surface area contributed by atoms with Gasteiger partial charge in [0.15, 0.2) is 11.6 Å². The molecule has 0 N–H and O–H groups in total. The molecule has 0 spiro atoms. The Balaban J connectivity index is 1.47. The first-order valence-electron chi connectivity index (χ1n) is 14.5. The average Bonchev–Trinajstić information content (AvgIpc) is 2.97. The van der Waals surface area contributed by atoms with Crippen molar-refractivity contribution in [2.24, 2.45) is 0 Å². The van der Waals surface area contributed by atoms with Crippen molar-refractivity contribution in [2.75, 3.05) is 13.2 Å². The van der Waals surface area contributed by atoms with Gasteiger partial charge in [-0.1, -0.05) is 89.5 Å². The molecule has 0 aromatic heterocycles. The van der Waals surface area contributed by atoms with E-state index in [1.165, 1.54) is 37.8 Å². The standard InChI is InChI=1S/C34H41FO5/c1-3-5-7-9-10-12-24-39-33(36)28-15-13-26(14-16-28)27-17-20-30(21-18-27)40-34(37)29-19-22-32(31(35)25-29)38-23-11-8-6-4-2/h13-22,25H,3-12,23-24H2,1-2H3. The molecule has 0 bridgehead atoms. The fraction of sp³-hybridized carbons (Fsp3) is 0.412. The zero-order valence-electron chi connectivity index (χ0n) is 23.8. The normalized spacial score (nSPS) is 10.8. The molecule has 40 heavy (non-hydrogen) atoms. The Hall–Kier alpha value is -3.67. The lowest BCUT2D eigenvalue weighted by Gasteiger charge is -2.09. The van der Waals surface area contributed by atoms with Crippen LogP contribution in [-0.4, -0.2) is 25.2 Å². The minimum absolute atomic E-state index is 0.110. The lowest BCUT2D eigenvalue weighted by atomic mass is 10.0. The highest BCUT2D eigenvalue weighted by molar-refractivity contribution is 5.91. The molecule has 3 aromatic rings. The molecule has 3 aromatic carbocycles. The van der Waals surface area contributed by atoms with E-state index in [-0.39, 0.29) is 17.3 Å². The van der Waals surface area contributed by atoms with Gasteiger partial charge in [-0.3, -0.25) is 0 Å². The topological polar surface area (TPSA) is 61.8 Å². The number of esters is 2. The predicted octanol–water partition coefficient (Wildman–Crippen LogP) is 9.19. The SMILES string of the molecule is CCCCCCCCOC(=O)c1ccc(-c2ccc(OC(=O)c3ccc(OCCCCCC)c(F)c3)cc2)cc1. The summed E-state index contributed by atoms with van der Waals surface area (Å²) in [7, 11) is 0. The Labute approximate surface area is 237 Å². The summed E-state index contributed by atoms with van der Waals surface area (Å²) in [5, 5.41) is 0. The molecule has 0 heterocycles. The predicted molar refractivity (Wildman–Crippen MR) is 157 cm³/mol. The second-order valence-corrected chi connectivity index (χ2v) is 9.95. The van der Waals surface area contributed by atoms with Crippen molar-refractivity contribution < 1.29 is 28.2 Å². The fourth-order valence-electron chi connectivity index (χ4n) is 4.27. The lowest BCUT2D eigenvalue weighted by Crippen LogP contribution is -2.09. The summed E-state index contributed by atoms with van der Waals surface area (Å²) in [6.07, 6.45) is 11.0. The summed E-state index contributed by atoms with van der Waals surface area (Å²) in [6, 6.07) is 18.3. The van der Waals surface area contributed by atoms with Crippen LogP contribution in [0.5, 0.6) is 11.5 Å². The van der Waals surface area contributed by atoms with Gasteiger partial charge in [-0.15, -0.1) is 0 Å². The van der Waals surface area contributed by atoms with Crippen molar-refractivity contribution in [3.63, 3.8) is 0 Å². The third kappa shape index (κ3) is 10.1. The van der Waals surface area contributed by atoms with Crippen LogP contribution in [0.4, 0.5) is 4.39 Å². The van der Waals surface area contributed by atoms with Crippen LogP contribution in [0.25, 0.3) is 11.1 Å². The molecular formula is C34H41FO5. The molecule has 0 aliphatic rings. The number of carbonyl (C=O) groups is 2. The molecule has 214 valence electrons. The van der Waals surface area contributed by atoms with Gasteiger partial charge in [0.25, 0.3) is 0 Å². The monoisotopic (exact) mass is 548 g/mol. The van der Waals surface area contributed by atoms with E-state index >= 15 is 0 Å².